The molecule has 2 unspecified atom stereocenters. The summed E-state index contributed by atoms with van der Waals surface area (Å²) in [5.74, 6) is -0.753. The van der Waals surface area contributed by atoms with Crippen LogP contribution in [0.5, 0.6) is 0 Å². The third kappa shape index (κ3) is 2.90. The molecule has 0 saturated carbocycles. The predicted octanol–water partition coefficient (Wildman–Crippen LogP) is 2.57. The van der Waals surface area contributed by atoms with Crippen molar-refractivity contribution < 1.29 is 9.18 Å². The maximum absolute atomic E-state index is 13.3. The molecule has 0 radical (unpaired) electrons. The predicted molar refractivity (Wildman–Crippen MR) is 78.9 cm³/mol. The molecule has 0 aliphatic carbocycles. The van der Waals surface area contributed by atoms with Crippen LogP contribution in [0.25, 0.3) is 0 Å². The van der Waals surface area contributed by atoms with Crippen LogP contribution in [-0.2, 0) is 0 Å². The highest BCUT2D eigenvalue weighted by Gasteiger charge is 2.36. The summed E-state index contributed by atoms with van der Waals surface area (Å²) in [5.41, 5.74) is 0.160. The van der Waals surface area contributed by atoms with E-state index in [0.29, 0.717) is 12.6 Å². The van der Waals surface area contributed by atoms with E-state index in [-0.39, 0.29) is 22.7 Å². The number of carbonyl (C=O) groups is 1. The first-order chi connectivity index (χ1) is 10.1. The van der Waals surface area contributed by atoms with Gasteiger partial charge in [0.2, 0.25) is 0 Å². The van der Waals surface area contributed by atoms with Gasteiger partial charge in [-0.1, -0.05) is 18.0 Å². The van der Waals surface area contributed by atoms with Crippen LogP contribution in [0.2, 0.25) is 5.15 Å². The zero-order valence-corrected chi connectivity index (χ0v) is 12.8. The topological polar surface area (TPSA) is 36.4 Å². The summed E-state index contributed by atoms with van der Waals surface area (Å²) in [5, 5.41) is 0.0691. The third-order valence-electron chi connectivity index (χ3n) is 4.48. The van der Waals surface area contributed by atoms with Crippen LogP contribution in [0.1, 0.15) is 36.5 Å². The second-order valence-electron chi connectivity index (χ2n) is 5.94. The van der Waals surface area contributed by atoms with Gasteiger partial charge in [0.25, 0.3) is 5.91 Å². The van der Waals surface area contributed by atoms with E-state index in [0.717, 1.165) is 25.7 Å². The minimum atomic E-state index is -0.535. The van der Waals surface area contributed by atoms with Gasteiger partial charge < -0.3 is 4.90 Å². The Morgan fingerprint density at radius 3 is 3.05 bits per heavy atom. The summed E-state index contributed by atoms with van der Waals surface area (Å²) >= 11 is 5.96. The van der Waals surface area contributed by atoms with Gasteiger partial charge in [-0.25, -0.2) is 9.37 Å². The van der Waals surface area contributed by atoms with Crippen LogP contribution in [0.15, 0.2) is 12.3 Å². The molecule has 114 valence electrons. The van der Waals surface area contributed by atoms with Gasteiger partial charge in [0.15, 0.2) is 0 Å². The van der Waals surface area contributed by atoms with Crippen molar-refractivity contribution in [2.75, 3.05) is 19.6 Å². The number of rotatable bonds is 1. The van der Waals surface area contributed by atoms with Gasteiger partial charge in [-0.2, -0.15) is 0 Å². The highest BCUT2D eigenvalue weighted by atomic mass is 35.5. The minimum Gasteiger partial charge on any atom is -0.333 e. The molecule has 0 aromatic carbocycles. The van der Waals surface area contributed by atoms with Crippen molar-refractivity contribution in [3.8, 4) is 0 Å². The Labute approximate surface area is 128 Å². The van der Waals surface area contributed by atoms with Crippen molar-refractivity contribution in [1.82, 2.24) is 14.8 Å². The molecular weight excluding hydrogens is 293 g/mol. The van der Waals surface area contributed by atoms with Gasteiger partial charge >= 0.3 is 0 Å². The van der Waals surface area contributed by atoms with Crippen molar-refractivity contribution in [2.45, 2.75) is 38.3 Å². The summed E-state index contributed by atoms with van der Waals surface area (Å²) in [4.78, 5) is 20.7. The molecule has 0 N–H and O–H groups in total. The van der Waals surface area contributed by atoms with Crippen LogP contribution < -0.4 is 0 Å². The number of hydrogen-bond acceptors (Lipinski definition) is 3. The summed E-state index contributed by atoms with van der Waals surface area (Å²) in [6, 6.07) is 1.70. The quantitative estimate of drug-likeness (QED) is 0.748. The largest absolute Gasteiger partial charge is 0.333 e. The zero-order valence-electron chi connectivity index (χ0n) is 12.1. The number of amides is 1. The Balaban J connectivity index is 1.82. The SMILES string of the molecule is CC1CN2CCCCC2CN1C(=O)c1cc(F)cnc1Cl. The Kier molecular flexibility index (Phi) is 4.13. The molecule has 1 amide bonds. The number of fused-ring (bicyclic) bond motifs is 1. The fourth-order valence-corrected chi connectivity index (χ4v) is 3.55. The first-order valence-corrected chi connectivity index (χ1v) is 7.80. The molecule has 0 bridgehead atoms. The van der Waals surface area contributed by atoms with Gasteiger partial charge in [0, 0.05) is 25.2 Å². The highest BCUT2D eigenvalue weighted by Crippen LogP contribution is 2.26. The fourth-order valence-electron chi connectivity index (χ4n) is 3.36. The maximum Gasteiger partial charge on any atom is 0.257 e. The number of pyridine rings is 1. The lowest BCUT2D eigenvalue weighted by molar-refractivity contribution is 0.0151. The summed E-state index contributed by atoms with van der Waals surface area (Å²) in [6.45, 7) is 4.70. The molecule has 2 aliphatic rings. The molecule has 3 rings (SSSR count). The number of nitrogens with zero attached hydrogens (tertiary/aromatic N) is 3. The van der Waals surface area contributed by atoms with Crippen molar-refractivity contribution >= 4 is 17.5 Å². The number of hydrogen-bond donors (Lipinski definition) is 0. The number of halogens is 2. The summed E-state index contributed by atoms with van der Waals surface area (Å²) < 4.78 is 13.3. The number of carbonyl (C=O) groups excluding carboxylic acids is 1. The van der Waals surface area contributed by atoms with Crippen molar-refractivity contribution in [3.63, 3.8) is 0 Å². The van der Waals surface area contributed by atoms with Crippen LogP contribution >= 0.6 is 11.6 Å². The smallest absolute Gasteiger partial charge is 0.257 e. The number of aromatic nitrogens is 1. The fraction of sp³-hybridized carbons (Fsp3) is 0.600. The number of piperazine rings is 1. The van der Waals surface area contributed by atoms with Crippen LogP contribution in [0, 0.1) is 5.82 Å². The van der Waals surface area contributed by atoms with Crippen molar-refractivity contribution in [2.24, 2.45) is 0 Å². The molecular formula is C15H19ClFN3O. The highest BCUT2D eigenvalue weighted by molar-refractivity contribution is 6.32. The molecule has 21 heavy (non-hydrogen) atoms. The van der Waals surface area contributed by atoms with Gasteiger partial charge in [-0.05, 0) is 32.4 Å². The lowest BCUT2D eigenvalue weighted by Crippen LogP contribution is -2.60. The average molecular weight is 312 g/mol. The molecule has 4 nitrogen and oxygen atoms in total. The van der Waals surface area contributed by atoms with E-state index in [1.54, 1.807) is 0 Å². The van der Waals surface area contributed by atoms with E-state index in [4.69, 9.17) is 11.6 Å². The lowest BCUT2D eigenvalue weighted by atomic mass is 9.96. The molecule has 2 fully saturated rings. The van der Waals surface area contributed by atoms with E-state index in [2.05, 4.69) is 9.88 Å². The van der Waals surface area contributed by atoms with Gasteiger partial charge in [-0.3, -0.25) is 9.69 Å². The Bertz CT molecular complexity index is 554. The first kappa shape index (κ1) is 14.7. The normalized spacial score (nSPS) is 26.5. The summed E-state index contributed by atoms with van der Waals surface area (Å²) in [7, 11) is 0. The second kappa shape index (κ2) is 5.89. The Hall–Kier alpha value is -1.20. The Morgan fingerprint density at radius 2 is 2.24 bits per heavy atom. The third-order valence-corrected chi connectivity index (χ3v) is 4.79. The van der Waals surface area contributed by atoms with E-state index in [9.17, 15) is 9.18 Å². The van der Waals surface area contributed by atoms with Gasteiger partial charge in [-0.15, -0.1) is 0 Å². The van der Waals surface area contributed by atoms with Crippen LogP contribution in [-0.4, -0.2) is 52.4 Å². The van der Waals surface area contributed by atoms with E-state index in [1.807, 2.05) is 11.8 Å². The van der Waals surface area contributed by atoms with E-state index in [1.165, 1.54) is 18.9 Å². The van der Waals surface area contributed by atoms with Crippen LogP contribution in [0.4, 0.5) is 4.39 Å². The van der Waals surface area contributed by atoms with E-state index >= 15 is 0 Å². The molecule has 2 aliphatic heterocycles. The molecule has 0 spiro atoms. The second-order valence-corrected chi connectivity index (χ2v) is 6.30. The average Bonchev–Trinajstić information content (AvgIpc) is 2.48. The van der Waals surface area contributed by atoms with Crippen molar-refractivity contribution in [1.29, 1.82) is 0 Å². The monoisotopic (exact) mass is 311 g/mol. The molecule has 1 aromatic heterocycles. The maximum atomic E-state index is 13.3. The molecule has 6 heteroatoms. The van der Waals surface area contributed by atoms with Crippen molar-refractivity contribution in [3.05, 3.63) is 28.8 Å². The molecule has 3 heterocycles. The lowest BCUT2D eigenvalue weighted by Gasteiger charge is -2.47. The first-order valence-electron chi connectivity index (χ1n) is 7.42. The van der Waals surface area contributed by atoms with Gasteiger partial charge in [0.05, 0.1) is 11.8 Å². The zero-order chi connectivity index (χ0) is 15.0. The Morgan fingerprint density at radius 1 is 1.43 bits per heavy atom. The van der Waals surface area contributed by atoms with E-state index < -0.39 is 5.82 Å². The summed E-state index contributed by atoms with van der Waals surface area (Å²) in [6.07, 6.45) is 4.59. The van der Waals surface area contributed by atoms with Gasteiger partial charge in [0.1, 0.15) is 11.0 Å². The molecule has 2 saturated heterocycles. The molecule has 2 atom stereocenters. The molecule has 1 aromatic rings. The minimum absolute atomic E-state index is 0.0691. The number of piperidine rings is 1. The standard InChI is InChI=1S/C15H19ClFN3O/c1-10-8-19-5-3-2-4-12(19)9-20(10)15(21)13-6-11(17)7-18-14(13)16/h6-7,10,12H,2-5,8-9H2,1H3. The van der Waals surface area contributed by atoms with Crippen LogP contribution in [0.3, 0.4) is 0 Å².